The average Bonchev–Trinajstić information content (AvgIpc) is 2.75. The maximum atomic E-state index is 12.5. The van der Waals surface area contributed by atoms with Crippen molar-refractivity contribution in [1.29, 1.82) is 0 Å². The Labute approximate surface area is 180 Å². The van der Waals surface area contributed by atoms with Gasteiger partial charge in [-0.25, -0.2) is 0 Å². The Morgan fingerprint density at radius 3 is 2.32 bits per heavy atom. The van der Waals surface area contributed by atoms with Gasteiger partial charge < -0.3 is 10.1 Å². The van der Waals surface area contributed by atoms with Crippen LogP contribution in [-0.2, 0) is 4.79 Å². The number of ether oxygens (including phenoxy) is 1. The van der Waals surface area contributed by atoms with Crippen LogP contribution >= 0.6 is 0 Å². The van der Waals surface area contributed by atoms with E-state index in [1.54, 1.807) is 0 Å². The second-order valence-corrected chi connectivity index (χ2v) is 7.39. The van der Waals surface area contributed by atoms with E-state index in [-0.39, 0.29) is 17.7 Å². The molecule has 0 saturated carbocycles. The van der Waals surface area contributed by atoms with E-state index in [1.165, 1.54) is 29.8 Å². The van der Waals surface area contributed by atoms with Gasteiger partial charge in [0, 0.05) is 38.4 Å². The van der Waals surface area contributed by atoms with Crippen molar-refractivity contribution in [2.45, 2.75) is 19.3 Å². The molecule has 1 atom stereocenters. The van der Waals surface area contributed by atoms with Gasteiger partial charge in [-0.1, -0.05) is 42.5 Å². The summed E-state index contributed by atoms with van der Waals surface area (Å²) in [6, 6.07) is 14.9. The molecule has 8 heteroatoms. The Morgan fingerprint density at radius 1 is 1.06 bits per heavy atom. The number of alkyl halides is 3. The lowest BCUT2D eigenvalue weighted by Gasteiger charge is -2.37. The molecule has 0 aliphatic carbocycles. The molecule has 1 aliphatic heterocycles. The molecule has 1 unspecified atom stereocenters. The zero-order chi connectivity index (χ0) is 22.3. The van der Waals surface area contributed by atoms with Crippen molar-refractivity contribution in [3.8, 4) is 5.75 Å². The van der Waals surface area contributed by atoms with Gasteiger partial charge in [0.05, 0.1) is 6.04 Å². The summed E-state index contributed by atoms with van der Waals surface area (Å²) in [4.78, 5) is 17.0. The molecule has 31 heavy (non-hydrogen) atoms. The number of nitrogens with zero attached hydrogens (tertiary/aromatic N) is 2. The summed E-state index contributed by atoms with van der Waals surface area (Å²) in [6.07, 6.45) is -0.487. The van der Waals surface area contributed by atoms with Crippen LogP contribution in [0.3, 0.4) is 0 Å². The highest BCUT2D eigenvalue weighted by Crippen LogP contribution is 2.24. The molecule has 166 valence electrons. The lowest BCUT2D eigenvalue weighted by Crippen LogP contribution is -2.52. The quantitative estimate of drug-likeness (QED) is 0.710. The summed E-state index contributed by atoms with van der Waals surface area (Å²) >= 11 is 0. The van der Waals surface area contributed by atoms with Crippen LogP contribution < -0.4 is 10.1 Å². The molecular weight excluding hydrogens is 407 g/mol. The Morgan fingerprint density at radius 2 is 1.71 bits per heavy atom. The Hall–Kier alpha value is -2.84. The van der Waals surface area contributed by atoms with E-state index < -0.39 is 6.36 Å². The zero-order valence-electron chi connectivity index (χ0n) is 17.3. The largest absolute Gasteiger partial charge is 0.573 e. The van der Waals surface area contributed by atoms with Crippen LogP contribution in [0.1, 0.15) is 12.5 Å². The van der Waals surface area contributed by atoms with Crippen LogP contribution in [0.5, 0.6) is 5.75 Å². The molecule has 2 aromatic rings. The average molecular weight is 433 g/mol. The summed E-state index contributed by atoms with van der Waals surface area (Å²) in [5, 5.41) is 2.75. The Kier molecular flexibility index (Phi) is 7.70. The molecule has 3 rings (SSSR count). The third-order valence-corrected chi connectivity index (χ3v) is 5.16. The summed E-state index contributed by atoms with van der Waals surface area (Å²) in [6.45, 7) is 5.95. The minimum Gasteiger partial charge on any atom is -0.406 e. The number of carbonyl (C=O) groups excluding carboxylic acids is 1. The molecule has 1 saturated heterocycles. The van der Waals surface area contributed by atoms with E-state index >= 15 is 0 Å². The van der Waals surface area contributed by atoms with Gasteiger partial charge in [-0.15, -0.1) is 13.2 Å². The lowest BCUT2D eigenvalue weighted by atomic mass is 10.2. The number of anilines is 1. The van der Waals surface area contributed by atoms with Crippen molar-refractivity contribution in [3.63, 3.8) is 0 Å². The summed E-state index contributed by atoms with van der Waals surface area (Å²) in [5.41, 5.74) is 1.60. The third-order valence-electron chi connectivity index (χ3n) is 5.16. The summed E-state index contributed by atoms with van der Waals surface area (Å²) in [7, 11) is 0. The number of piperazine rings is 1. The Balaban J connectivity index is 1.43. The fourth-order valence-electron chi connectivity index (χ4n) is 3.39. The first-order valence-corrected chi connectivity index (χ1v) is 10.1. The molecule has 1 amide bonds. The Bertz CT molecular complexity index is 862. The monoisotopic (exact) mass is 433 g/mol. The number of nitrogens with one attached hydrogen (secondary N) is 1. The number of rotatable bonds is 7. The highest BCUT2D eigenvalue weighted by Gasteiger charge is 2.31. The van der Waals surface area contributed by atoms with E-state index in [0.29, 0.717) is 5.69 Å². The van der Waals surface area contributed by atoms with Gasteiger partial charge in [0.2, 0.25) is 5.91 Å². The van der Waals surface area contributed by atoms with Crippen LogP contribution in [0.15, 0.2) is 60.7 Å². The molecule has 1 fully saturated rings. The maximum absolute atomic E-state index is 12.5. The normalized spacial score (nSPS) is 16.9. The maximum Gasteiger partial charge on any atom is 0.573 e. The molecule has 1 heterocycles. The summed E-state index contributed by atoms with van der Waals surface area (Å²) < 4.78 is 40.5. The van der Waals surface area contributed by atoms with E-state index in [9.17, 15) is 18.0 Å². The molecule has 5 nitrogen and oxygen atoms in total. The molecule has 2 aromatic carbocycles. The number of benzene rings is 2. The molecule has 0 aromatic heterocycles. The van der Waals surface area contributed by atoms with Gasteiger partial charge in [0.25, 0.3) is 0 Å². The number of halogens is 3. The fraction of sp³-hybridized carbons (Fsp3) is 0.348. The standard InChI is InChI=1S/C23H26F3N3O2/c1-18(22(30)27-20-9-11-21(12-10-20)31-23(24,25)26)29-16-14-28(15-17-29)13-5-8-19-6-3-2-4-7-19/h2-12,18H,13-17H2,1H3,(H,27,30)/b8-5+. The van der Waals surface area contributed by atoms with Gasteiger partial charge in [0.1, 0.15) is 5.75 Å². The van der Waals surface area contributed by atoms with Gasteiger partial charge in [0.15, 0.2) is 0 Å². The lowest BCUT2D eigenvalue weighted by molar-refractivity contribution is -0.274. The van der Waals surface area contributed by atoms with Gasteiger partial charge >= 0.3 is 6.36 Å². The van der Waals surface area contributed by atoms with Gasteiger partial charge in [-0.2, -0.15) is 0 Å². The minimum atomic E-state index is -4.74. The first-order chi connectivity index (χ1) is 14.8. The number of hydrogen-bond acceptors (Lipinski definition) is 4. The van der Waals surface area contributed by atoms with Crippen LogP contribution in [0, 0.1) is 0 Å². The molecular formula is C23H26F3N3O2. The SMILES string of the molecule is CC(C(=O)Nc1ccc(OC(F)(F)F)cc1)N1CCN(C/C=C/c2ccccc2)CC1. The van der Waals surface area contributed by atoms with Gasteiger partial charge in [-0.05, 0) is 36.8 Å². The zero-order valence-corrected chi connectivity index (χ0v) is 17.3. The molecule has 0 radical (unpaired) electrons. The predicted octanol–water partition coefficient (Wildman–Crippen LogP) is 4.24. The fourth-order valence-corrected chi connectivity index (χ4v) is 3.39. The molecule has 1 N–H and O–H groups in total. The molecule has 1 aliphatic rings. The molecule has 0 spiro atoms. The molecule has 0 bridgehead atoms. The van der Waals surface area contributed by atoms with Crippen LogP contribution in [0.4, 0.5) is 18.9 Å². The topological polar surface area (TPSA) is 44.8 Å². The van der Waals surface area contributed by atoms with Crippen molar-refractivity contribution in [3.05, 3.63) is 66.2 Å². The minimum absolute atomic E-state index is 0.193. The first kappa shape index (κ1) is 22.8. The third kappa shape index (κ3) is 7.41. The van der Waals surface area contributed by atoms with Crippen molar-refractivity contribution in [2.75, 3.05) is 38.0 Å². The second-order valence-electron chi connectivity index (χ2n) is 7.39. The van der Waals surface area contributed by atoms with Crippen LogP contribution in [0.25, 0.3) is 6.08 Å². The van der Waals surface area contributed by atoms with Crippen molar-refractivity contribution in [2.24, 2.45) is 0 Å². The highest BCUT2D eigenvalue weighted by atomic mass is 19.4. The van der Waals surface area contributed by atoms with Crippen LogP contribution in [-0.4, -0.2) is 60.8 Å². The first-order valence-electron chi connectivity index (χ1n) is 10.1. The van der Waals surface area contributed by atoms with Crippen molar-refractivity contribution < 1.29 is 22.7 Å². The van der Waals surface area contributed by atoms with E-state index in [4.69, 9.17) is 0 Å². The highest BCUT2D eigenvalue weighted by molar-refractivity contribution is 5.94. The smallest absolute Gasteiger partial charge is 0.406 e. The number of hydrogen-bond donors (Lipinski definition) is 1. The predicted molar refractivity (Wildman–Crippen MR) is 115 cm³/mol. The van der Waals surface area contributed by atoms with Crippen molar-refractivity contribution >= 4 is 17.7 Å². The van der Waals surface area contributed by atoms with E-state index in [0.717, 1.165) is 32.7 Å². The number of carbonyl (C=O) groups is 1. The van der Waals surface area contributed by atoms with Crippen molar-refractivity contribution in [1.82, 2.24) is 9.80 Å². The van der Waals surface area contributed by atoms with E-state index in [1.807, 2.05) is 25.1 Å². The second kappa shape index (κ2) is 10.5. The summed E-state index contributed by atoms with van der Waals surface area (Å²) in [5.74, 6) is -0.516. The number of amides is 1. The van der Waals surface area contributed by atoms with Gasteiger partial charge in [-0.3, -0.25) is 14.6 Å². The van der Waals surface area contributed by atoms with E-state index in [2.05, 4.69) is 44.1 Å². The van der Waals surface area contributed by atoms with Crippen LogP contribution in [0.2, 0.25) is 0 Å².